The van der Waals surface area contributed by atoms with Crippen molar-refractivity contribution in [3.8, 4) is 0 Å². The van der Waals surface area contributed by atoms with Gasteiger partial charge in [-0.2, -0.15) is 0 Å². The largest absolute Gasteiger partial charge is 0.462 e. The minimum Gasteiger partial charge on any atom is -0.462 e. The Hall–Kier alpha value is -1.14. The molecule has 0 aliphatic rings. The van der Waals surface area contributed by atoms with Gasteiger partial charge < -0.3 is 9.84 Å². The Bertz CT molecular complexity index is 412. The molecule has 0 saturated heterocycles. The van der Waals surface area contributed by atoms with E-state index in [1.807, 2.05) is 6.92 Å². The molecule has 0 aromatic carbocycles. The van der Waals surface area contributed by atoms with Crippen molar-refractivity contribution in [3.05, 3.63) is 17.5 Å². The lowest BCUT2D eigenvalue weighted by Gasteiger charge is -2.08. The van der Waals surface area contributed by atoms with Gasteiger partial charge in [-0.15, -0.1) is 0 Å². The third-order valence-corrected chi connectivity index (χ3v) is 3.45. The molecule has 0 aliphatic carbocycles. The van der Waals surface area contributed by atoms with Gasteiger partial charge in [-0.05, 0) is 19.8 Å². The summed E-state index contributed by atoms with van der Waals surface area (Å²) < 4.78 is 4.91. The Morgan fingerprint density at radius 3 is 2.89 bits per heavy atom. The van der Waals surface area contributed by atoms with Crippen LogP contribution in [0, 0.1) is 12.8 Å². The molecule has 1 atom stereocenters. The summed E-state index contributed by atoms with van der Waals surface area (Å²) in [4.78, 5) is 19.9. The maximum Gasteiger partial charge on any atom is 0.341 e. The van der Waals surface area contributed by atoms with Gasteiger partial charge in [0.2, 0.25) is 0 Å². The fraction of sp³-hybridized carbons (Fsp3) is 0.583. The van der Waals surface area contributed by atoms with Crippen LogP contribution in [0.4, 0.5) is 0 Å². The predicted octanol–water partition coefficient (Wildman–Crippen LogP) is 1.68. The van der Waals surface area contributed by atoms with Crippen LogP contribution in [0.15, 0.2) is 11.4 Å². The van der Waals surface area contributed by atoms with Crippen LogP contribution >= 0.6 is 11.8 Å². The second-order valence-corrected chi connectivity index (χ2v) is 4.96. The molecule has 0 aliphatic heterocycles. The lowest BCUT2D eigenvalue weighted by atomic mass is 10.2. The molecule has 1 unspecified atom stereocenters. The summed E-state index contributed by atoms with van der Waals surface area (Å²) in [6, 6.07) is 0. The molecule has 18 heavy (non-hydrogen) atoms. The summed E-state index contributed by atoms with van der Waals surface area (Å²) >= 11 is 1.47. The topological polar surface area (TPSA) is 72.3 Å². The monoisotopic (exact) mass is 270 g/mol. The summed E-state index contributed by atoms with van der Waals surface area (Å²) in [7, 11) is 0. The minimum atomic E-state index is -0.393. The van der Waals surface area contributed by atoms with E-state index in [-0.39, 0.29) is 12.5 Å². The summed E-state index contributed by atoms with van der Waals surface area (Å²) in [5.74, 6) is 0.549. The fourth-order valence-corrected chi connectivity index (χ4v) is 2.06. The van der Waals surface area contributed by atoms with Gasteiger partial charge in [0.1, 0.15) is 0 Å². The smallest absolute Gasteiger partial charge is 0.341 e. The first-order valence-electron chi connectivity index (χ1n) is 5.82. The van der Waals surface area contributed by atoms with Gasteiger partial charge in [0.25, 0.3) is 0 Å². The normalized spacial score (nSPS) is 12.2. The predicted molar refractivity (Wildman–Crippen MR) is 69.7 cm³/mol. The first-order valence-corrected chi connectivity index (χ1v) is 6.81. The van der Waals surface area contributed by atoms with Crippen molar-refractivity contribution in [1.82, 2.24) is 9.97 Å². The highest BCUT2D eigenvalue weighted by molar-refractivity contribution is 7.99. The Labute approximate surface area is 111 Å². The summed E-state index contributed by atoms with van der Waals surface area (Å²) in [6.45, 7) is 5.95. The van der Waals surface area contributed by atoms with E-state index in [0.717, 1.165) is 5.75 Å². The molecule has 100 valence electrons. The molecule has 1 aromatic heterocycles. The molecule has 1 N–H and O–H groups in total. The number of aryl methyl sites for hydroxylation is 1. The van der Waals surface area contributed by atoms with Gasteiger partial charge in [-0.1, -0.05) is 18.7 Å². The van der Waals surface area contributed by atoms with E-state index in [0.29, 0.717) is 23.0 Å². The van der Waals surface area contributed by atoms with E-state index in [9.17, 15) is 4.79 Å². The van der Waals surface area contributed by atoms with E-state index in [2.05, 4.69) is 9.97 Å². The lowest BCUT2D eigenvalue weighted by molar-refractivity contribution is 0.0524. The molecule has 1 rings (SSSR count). The lowest BCUT2D eigenvalue weighted by Crippen LogP contribution is -2.10. The van der Waals surface area contributed by atoms with Crippen molar-refractivity contribution in [3.63, 3.8) is 0 Å². The van der Waals surface area contributed by atoms with E-state index in [1.54, 1.807) is 13.8 Å². The number of esters is 1. The maximum atomic E-state index is 11.5. The molecule has 0 amide bonds. The number of hydrogen-bond acceptors (Lipinski definition) is 6. The first kappa shape index (κ1) is 14.9. The van der Waals surface area contributed by atoms with Crippen molar-refractivity contribution >= 4 is 17.7 Å². The Balaban J connectivity index is 2.70. The van der Waals surface area contributed by atoms with E-state index < -0.39 is 5.97 Å². The summed E-state index contributed by atoms with van der Waals surface area (Å²) in [5, 5.41) is 9.54. The first-order chi connectivity index (χ1) is 8.58. The zero-order chi connectivity index (χ0) is 13.5. The van der Waals surface area contributed by atoms with Crippen LogP contribution in [0.5, 0.6) is 0 Å². The van der Waals surface area contributed by atoms with E-state index in [1.165, 1.54) is 18.0 Å². The quantitative estimate of drug-likeness (QED) is 0.482. The molecule has 0 radical (unpaired) electrons. The average molecular weight is 270 g/mol. The zero-order valence-corrected chi connectivity index (χ0v) is 11.7. The highest BCUT2D eigenvalue weighted by Gasteiger charge is 2.13. The molecule has 0 bridgehead atoms. The average Bonchev–Trinajstić information content (AvgIpc) is 2.36. The Morgan fingerprint density at radius 1 is 1.61 bits per heavy atom. The third kappa shape index (κ3) is 4.27. The van der Waals surface area contributed by atoms with Crippen molar-refractivity contribution < 1.29 is 14.6 Å². The number of carbonyl (C=O) groups is 1. The number of thioether (sulfide) groups is 1. The second kappa shape index (κ2) is 7.33. The van der Waals surface area contributed by atoms with Crippen LogP contribution in [-0.2, 0) is 4.74 Å². The second-order valence-electron chi connectivity index (χ2n) is 3.97. The van der Waals surface area contributed by atoms with Crippen LogP contribution in [0.25, 0.3) is 0 Å². The number of aliphatic hydroxyl groups excluding tert-OH is 1. The van der Waals surface area contributed by atoms with Gasteiger partial charge in [0, 0.05) is 18.6 Å². The molecule has 0 spiro atoms. The summed E-state index contributed by atoms with van der Waals surface area (Å²) in [6.07, 6.45) is 1.49. The molecular weight excluding hydrogens is 252 g/mol. The molecule has 0 saturated carbocycles. The van der Waals surface area contributed by atoms with Crippen LogP contribution in [0.1, 0.15) is 29.9 Å². The van der Waals surface area contributed by atoms with E-state index in [4.69, 9.17) is 9.84 Å². The molecule has 6 heteroatoms. The SMILES string of the molecule is CCOC(=O)c1cnc(SCC(C)CO)nc1C. The van der Waals surface area contributed by atoms with Crippen molar-refractivity contribution in [2.24, 2.45) is 5.92 Å². The number of ether oxygens (including phenoxy) is 1. The number of aromatic nitrogens is 2. The van der Waals surface area contributed by atoms with Crippen LogP contribution in [0.3, 0.4) is 0 Å². The van der Waals surface area contributed by atoms with Crippen LogP contribution < -0.4 is 0 Å². The van der Waals surface area contributed by atoms with Gasteiger partial charge >= 0.3 is 5.97 Å². The van der Waals surface area contributed by atoms with E-state index >= 15 is 0 Å². The van der Waals surface area contributed by atoms with Gasteiger partial charge in [-0.3, -0.25) is 0 Å². The maximum absolute atomic E-state index is 11.5. The standard InChI is InChI=1S/C12H18N2O3S/c1-4-17-11(16)10-5-13-12(14-9(10)3)18-7-8(2)6-15/h5,8,15H,4,6-7H2,1-3H3. The molecule has 5 nitrogen and oxygen atoms in total. The van der Waals surface area contributed by atoms with Crippen molar-refractivity contribution in [1.29, 1.82) is 0 Å². The summed E-state index contributed by atoms with van der Waals surface area (Å²) in [5.41, 5.74) is 1.01. The number of nitrogens with zero attached hydrogens (tertiary/aromatic N) is 2. The van der Waals surface area contributed by atoms with Gasteiger partial charge in [-0.25, -0.2) is 14.8 Å². The molecular formula is C12H18N2O3S. The van der Waals surface area contributed by atoms with Crippen molar-refractivity contribution in [2.75, 3.05) is 19.0 Å². The number of rotatable bonds is 6. The van der Waals surface area contributed by atoms with Crippen LogP contribution in [-0.4, -0.2) is 40.0 Å². The number of aliphatic hydroxyl groups is 1. The molecule has 0 fully saturated rings. The van der Waals surface area contributed by atoms with Crippen molar-refractivity contribution in [2.45, 2.75) is 25.9 Å². The molecule has 1 aromatic rings. The minimum absolute atomic E-state index is 0.146. The highest BCUT2D eigenvalue weighted by Crippen LogP contribution is 2.18. The Kier molecular flexibility index (Phi) is 6.07. The van der Waals surface area contributed by atoms with Gasteiger partial charge in [0.15, 0.2) is 5.16 Å². The third-order valence-electron chi connectivity index (χ3n) is 2.26. The number of hydrogen-bond donors (Lipinski definition) is 1. The molecule has 1 heterocycles. The Morgan fingerprint density at radius 2 is 2.33 bits per heavy atom. The fourth-order valence-electron chi connectivity index (χ4n) is 1.19. The number of carbonyl (C=O) groups excluding carboxylic acids is 1. The van der Waals surface area contributed by atoms with Gasteiger partial charge in [0.05, 0.1) is 17.9 Å². The zero-order valence-electron chi connectivity index (χ0n) is 10.8. The van der Waals surface area contributed by atoms with Crippen LogP contribution in [0.2, 0.25) is 0 Å². The highest BCUT2D eigenvalue weighted by atomic mass is 32.2.